The molecule has 0 saturated carbocycles. The molecule has 0 spiro atoms. The molecular formula is C28H64N2O7S. The van der Waals surface area contributed by atoms with Crippen LogP contribution in [0.3, 0.4) is 0 Å². The number of nitrogens with zero attached hydrogens (tertiary/aromatic N) is 2. The van der Waals surface area contributed by atoms with Gasteiger partial charge in [-0.15, -0.1) is 0 Å². The third-order valence-corrected chi connectivity index (χ3v) is 6.44. The molecule has 3 N–H and O–H groups in total. The van der Waals surface area contributed by atoms with E-state index in [1.54, 1.807) is 0 Å². The van der Waals surface area contributed by atoms with Gasteiger partial charge in [-0.1, -0.05) is 112 Å². The first kappa shape index (κ1) is 44.2. The molecule has 0 aromatic heterocycles. The highest BCUT2D eigenvalue weighted by molar-refractivity contribution is 7.80. The van der Waals surface area contributed by atoms with Crippen molar-refractivity contribution in [3.05, 3.63) is 0 Å². The molecule has 0 aromatic carbocycles. The summed E-state index contributed by atoms with van der Waals surface area (Å²) in [5.74, 6) is -0.655. The minimum Gasteiger partial charge on any atom is -0.481 e. The first-order valence-electron chi connectivity index (χ1n) is 14.8. The van der Waals surface area contributed by atoms with Gasteiger partial charge in [-0.2, -0.15) is 8.42 Å². The summed E-state index contributed by atoms with van der Waals surface area (Å²) in [5.41, 5.74) is 0. The van der Waals surface area contributed by atoms with Crippen LogP contribution >= 0.6 is 0 Å². The average molecular weight is 573 g/mol. The average Bonchev–Trinajstić information content (AvgIpc) is 2.89. The molecule has 10 heteroatoms. The maximum Gasteiger partial charge on any atom is 0.397 e. The molecule has 0 fully saturated rings. The number of rotatable bonds is 21. The standard InChI is InChI=1S/C16H32O2.2C5H13N.C2H6O5S/c1-2-3-4-5-6-7-8-9-10-11-12-13-14-15-16(17)18;2*1-4-6(3)5-2;3-1-2-7-8(4,5)6/h2-15H2,1H3,(H,17,18);2*4-5H2,1-3H3;3H,1-2H2,(H,4,5,6). The van der Waals surface area contributed by atoms with E-state index in [1.807, 2.05) is 0 Å². The zero-order chi connectivity index (χ0) is 30.1. The van der Waals surface area contributed by atoms with E-state index in [4.69, 9.17) is 14.8 Å². The van der Waals surface area contributed by atoms with Crippen molar-refractivity contribution in [2.45, 2.75) is 125 Å². The van der Waals surface area contributed by atoms with Crippen molar-refractivity contribution in [1.82, 2.24) is 9.80 Å². The summed E-state index contributed by atoms with van der Waals surface area (Å²) < 4.78 is 30.7. The quantitative estimate of drug-likeness (QED) is 0.108. The smallest absolute Gasteiger partial charge is 0.397 e. The van der Waals surface area contributed by atoms with Crippen molar-refractivity contribution >= 4 is 16.4 Å². The van der Waals surface area contributed by atoms with Crippen LogP contribution in [0.1, 0.15) is 125 Å². The van der Waals surface area contributed by atoms with E-state index in [1.165, 1.54) is 70.6 Å². The van der Waals surface area contributed by atoms with Crippen LogP contribution in [0.4, 0.5) is 0 Å². The Kier molecular flexibility index (Phi) is 42.2. The molecule has 0 rings (SSSR count). The van der Waals surface area contributed by atoms with Gasteiger partial charge in [0.2, 0.25) is 0 Å². The predicted molar refractivity (Wildman–Crippen MR) is 160 cm³/mol. The Balaban J connectivity index is -0.000000237. The number of carbonyl (C=O) groups is 1. The lowest BCUT2D eigenvalue weighted by Gasteiger charge is -2.07. The number of carboxylic acids is 1. The van der Waals surface area contributed by atoms with Crippen molar-refractivity contribution in [2.24, 2.45) is 0 Å². The topological polar surface area (TPSA) is 128 Å². The van der Waals surface area contributed by atoms with E-state index in [2.05, 4.69) is 62.7 Å². The van der Waals surface area contributed by atoms with Crippen LogP contribution in [0.25, 0.3) is 0 Å². The Labute approximate surface area is 236 Å². The second-order valence-electron chi connectivity index (χ2n) is 9.34. The molecule has 9 nitrogen and oxygen atoms in total. The van der Waals surface area contributed by atoms with E-state index < -0.39 is 29.6 Å². The van der Waals surface area contributed by atoms with Gasteiger partial charge in [-0.25, -0.2) is 4.18 Å². The molecule has 0 radical (unpaired) electrons. The Bertz CT molecular complexity index is 531. The van der Waals surface area contributed by atoms with Gasteiger partial charge in [-0.3, -0.25) is 9.35 Å². The normalized spacial score (nSPS) is 10.7. The van der Waals surface area contributed by atoms with Gasteiger partial charge >= 0.3 is 16.4 Å². The second kappa shape index (κ2) is 36.2. The number of carboxylic acid groups (broad SMARTS) is 1. The van der Waals surface area contributed by atoms with E-state index in [0.29, 0.717) is 6.42 Å². The molecule has 0 aromatic rings. The van der Waals surface area contributed by atoms with Gasteiger partial charge in [0.25, 0.3) is 0 Å². The summed E-state index contributed by atoms with van der Waals surface area (Å²) >= 11 is 0. The molecule has 0 bridgehead atoms. The third-order valence-electron chi connectivity index (χ3n) is 5.98. The van der Waals surface area contributed by atoms with Crippen LogP contribution in [0.2, 0.25) is 0 Å². The molecule has 0 aliphatic rings. The molecule has 234 valence electrons. The SMILES string of the molecule is CCCCCCCCCCCCCCCC(=O)O.CCN(C)CC.CCN(C)CC.O=S(=O)(O)OCCO. The first-order valence-corrected chi connectivity index (χ1v) is 16.1. The molecule has 38 heavy (non-hydrogen) atoms. The number of aliphatic hydroxyl groups is 1. The Morgan fingerprint density at radius 1 is 0.658 bits per heavy atom. The fraction of sp³-hybridized carbons (Fsp3) is 0.964. The van der Waals surface area contributed by atoms with Gasteiger partial charge in [0, 0.05) is 6.42 Å². The van der Waals surface area contributed by atoms with Gasteiger partial charge in [-0.05, 0) is 46.7 Å². The van der Waals surface area contributed by atoms with Crippen LogP contribution in [-0.2, 0) is 19.4 Å². The van der Waals surface area contributed by atoms with E-state index >= 15 is 0 Å². The van der Waals surface area contributed by atoms with Crippen LogP contribution in [0, 0.1) is 0 Å². The maximum atomic E-state index is 10.3. The van der Waals surface area contributed by atoms with E-state index in [9.17, 15) is 13.2 Å². The largest absolute Gasteiger partial charge is 0.481 e. The van der Waals surface area contributed by atoms with Gasteiger partial charge in [0.05, 0.1) is 13.2 Å². The third kappa shape index (κ3) is 55.7. The zero-order valence-corrected chi connectivity index (χ0v) is 26.7. The molecule has 0 unspecified atom stereocenters. The lowest BCUT2D eigenvalue weighted by molar-refractivity contribution is -0.137. The Morgan fingerprint density at radius 3 is 1.16 bits per heavy atom. The van der Waals surface area contributed by atoms with E-state index in [-0.39, 0.29) is 0 Å². The number of unbranched alkanes of at least 4 members (excludes halogenated alkanes) is 12. The molecule has 0 amide bonds. The summed E-state index contributed by atoms with van der Waals surface area (Å²) in [4.78, 5) is 14.8. The molecule has 0 saturated heterocycles. The Morgan fingerprint density at radius 2 is 0.974 bits per heavy atom. The predicted octanol–water partition coefficient (Wildman–Crippen LogP) is 6.27. The van der Waals surface area contributed by atoms with Crippen LogP contribution in [0.5, 0.6) is 0 Å². The van der Waals surface area contributed by atoms with Gasteiger partial charge in [0.1, 0.15) is 0 Å². The highest BCUT2D eigenvalue weighted by Crippen LogP contribution is 2.12. The molecule has 0 aliphatic carbocycles. The lowest BCUT2D eigenvalue weighted by Crippen LogP contribution is -2.15. The van der Waals surface area contributed by atoms with E-state index in [0.717, 1.165) is 39.0 Å². The number of hydrogen-bond donors (Lipinski definition) is 3. The van der Waals surface area contributed by atoms with Crippen molar-refractivity contribution < 1.29 is 32.2 Å². The van der Waals surface area contributed by atoms with Crippen LogP contribution < -0.4 is 0 Å². The maximum absolute atomic E-state index is 10.3. The minimum absolute atomic E-state index is 0.345. The monoisotopic (exact) mass is 572 g/mol. The lowest BCUT2D eigenvalue weighted by atomic mass is 10.0. The summed E-state index contributed by atoms with van der Waals surface area (Å²) in [6.45, 7) is 14.7. The van der Waals surface area contributed by atoms with Crippen molar-refractivity contribution in [3.8, 4) is 0 Å². The van der Waals surface area contributed by atoms with Crippen LogP contribution in [0.15, 0.2) is 0 Å². The van der Waals surface area contributed by atoms with Crippen molar-refractivity contribution in [3.63, 3.8) is 0 Å². The van der Waals surface area contributed by atoms with Gasteiger partial charge in [0.15, 0.2) is 0 Å². The number of aliphatic carboxylic acids is 1. The fourth-order valence-electron chi connectivity index (χ4n) is 2.88. The van der Waals surface area contributed by atoms with Crippen molar-refractivity contribution in [2.75, 3.05) is 53.5 Å². The Hall–Kier alpha value is -0.780. The number of aliphatic hydroxyl groups excluding tert-OH is 1. The summed E-state index contributed by atoms with van der Waals surface area (Å²) in [6.07, 6.45) is 17.3. The minimum atomic E-state index is -4.35. The molecular weight excluding hydrogens is 508 g/mol. The second-order valence-corrected chi connectivity index (χ2v) is 10.4. The zero-order valence-electron chi connectivity index (χ0n) is 25.9. The summed E-state index contributed by atoms with van der Waals surface area (Å²) in [6, 6.07) is 0. The highest BCUT2D eigenvalue weighted by atomic mass is 32.3. The summed E-state index contributed by atoms with van der Waals surface area (Å²) in [7, 11) is -0.124. The fourth-order valence-corrected chi connectivity index (χ4v) is 3.17. The number of hydrogen-bond acceptors (Lipinski definition) is 7. The molecule has 0 atom stereocenters. The highest BCUT2D eigenvalue weighted by Gasteiger charge is 2.00. The molecule has 0 aliphatic heterocycles. The van der Waals surface area contributed by atoms with Gasteiger partial charge < -0.3 is 20.0 Å². The summed E-state index contributed by atoms with van der Waals surface area (Å²) in [5, 5.41) is 16.4. The first-order chi connectivity index (χ1) is 17.9. The van der Waals surface area contributed by atoms with Crippen LogP contribution in [-0.4, -0.2) is 92.4 Å². The molecule has 0 heterocycles. The van der Waals surface area contributed by atoms with Crippen molar-refractivity contribution in [1.29, 1.82) is 0 Å².